The molecule has 0 aliphatic carbocycles. The molecule has 22 heavy (non-hydrogen) atoms. The number of benzene rings is 2. The summed E-state index contributed by atoms with van der Waals surface area (Å²) in [4.78, 5) is 24.5. The summed E-state index contributed by atoms with van der Waals surface area (Å²) in [6.45, 7) is 1.83. The standard InChI is InChI=1S/C16H12N2O4/c1-9-15-11-8-10(18(20)21)6-7-13(11)22-14-5-3-2-4-12(14)17(15)16(9)19/h2-9,15H,1H3/t9-,15+/m0/s1. The number of nitro benzene ring substituents is 1. The van der Waals surface area contributed by atoms with E-state index in [9.17, 15) is 14.9 Å². The molecular formula is C16H12N2O4. The molecule has 2 atom stereocenters. The minimum atomic E-state index is -0.437. The maximum absolute atomic E-state index is 12.3. The topological polar surface area (TPSA) is 72.7 Å². The third-order valence-corrected chi connectivity index (χ3v) is 4.25. The van der Waals surface area contributed by atoms with Crippen molar-refractivity contribution in [3.05, 3.63) is 58.1 Å². The predicted molar refractivity (Wildman–Crippen MR) is 79.0 cm³/mol. The van der Waals surface area contributed by atoms with Gasteiger partial charge in [0, 0.05) is 17.7 Å². The average molecular weight is 296 g/mol. The Balaban J connectivity index is 1.94. The number of non-ortho nitro benzene ring substituents is 1. The van der Waals surface area contributed by atoms with E-state index in [4.69, 9.17) is 4.74 Å². The van der Waals surface area contributed by atoms with Crippen LogP contribution in [0.2, 0.25) is 0 Å². The highest BCUT2D eigenvalue weighted by Crippen LogP contribution is 2.52. The van der Waals surface area contributed by atoms with Gasteiger partial charge in [-0.25, -0.2) is 0 Å². The number of β-lactam (4-membered cyclic amide) rings is 1. The second kappa shape index (κ2) is 4.30. The van der Waals surface area contributed by atoms with Crippen LogP contribution in [0.5, 0.6) is 11.5 Å². The van der Waals surface area contributed by atoms with Gasteiger partial charge in [-0.2, -0.15) is 0 Å². The monoisotopic (exact) mass is 296 g/mol. The van der Waals surface area contributed by atoms with Crippen LogP contribution in [0, 0.1) is 16.0 Å². The second-order valence-electron chi connectivity index (χ2n) is 5.49. The van der Waals surface area contributed by atoms with Gasteiger partial charge < -0.3 is 9.64 Å². The predicted octanol–water partition coefficient (Wildman–Crippen LogP) is 3.42. The maximum Gasteiger partial charge on any atom is 0.270 e. The van der Waals surface area contributed by atoms with Crippen LogP contribution in [0.15, 0.2) is 42.5 Å². The quantitative estimate of drug-likeness (QED) is 0.459. The Hall–Kier alpha value is -2.89. The Kier molecular flexibility index (Phi) is 2.51. The van der Waals surface area contributed by atoms with Gasteiger partial charge in [0.1, 0.15) is 5.75 Å². The minimum absolute atomic E-state index is 0.000180. The van der Waals surface area contributed by atoms with Gasteiger partial charge in [-0.15, -0.1) is 0 Å². The van der Waals surface area contributed by atoms with E-state index in [1.165, 1.54) is 12.1 Å². The van der Waals surface area contributed by atoms with Crippen LogP contribution < -0.4 is 9.64 Å². The molecule has 0 bridgehead atoms. The highest BCUT2D eigenvalue weighted by molar-refractivity contribution is 6.04. The van der Waals surface area contributed by atoms with Gasteiger partial charge in [0.15, 0.2) is 5.75 Å². The number of carbonyl (C=O) groups excluding carboxylic acids is 1. The lowest BCUT2D eigenvalue weighted by molar-refractivity contribution is -0.385. The van der Waals surface area contributed by atoms with Crippen molar-refractivity contribution in [2.45, 2.75) is 13.0 Å². The second-order valence-corrected chi connectivity index (χ2v) is 5.49. The molecule has 0 aromatic heterocycles. The molecule has 2 heterocycles. The third kappa shape index (κ3) is 1.57. The van der Waals surface area contributed by atoms with E-state index in [0.717, 1.165) is 0 Å². The summed E-state index contributed by atoms with van der Waals surface area (Å²) in [5.74, 6) is 0.918. The molecule has 2 aliphatic rings. The van der Waals surface area contributed by atoms with Crippen molar-refractivity contribution in [3.8, 4) is 11.5 Å². The molecule has 1 saturated heterocycles. The fraction of sp³-hybridized carbons (Fsp3) is 0.188. The summed E-state index contributed by atoms with van der Waals surface area (Å²) in [5.41, 5.74) is 1.38. The lowest BCUT2D eigenvalue weighted by atomic mass is 9.83. The van der Waals surface area contributed by atoms with Gasteiger partial charge >= 0.3 is 0 Å². The molecule has 2 aliphatic heterocycles. The highest BCUT2D eigenvalue weighted by atomic mass is 16.6. The molecular weight excluding hydrogens is 284 g/mol. The SMILES string of the molecule is C[C@@H]1C(=O)N2c3ccccc3Oc3ccc([N+](=O)[O-])cc3[C@@H]12. The van der Waals surface area contributed by atoms with Crippen LogP contribution >= 0.6 is 0 Å². The van der Waals surface area contributed by atoms with E-state index in [-0.39, 0.29) is 23.6 Å². The molecule has 4 rings (SSSR count). The van der Waals surface area contributed by atoms with E-state index < -0.39 is 4.92 Å². The molecule has 2 aromatic carbocycles. The van der Waals surface area contributed by atoms with Crippen molar-refractivity contribution >= 4 is 17.3 Å². The lowest BCUT2D eigenvalue weighted by Crippen LogP contribution is -2.53. The molecule has 2 aromatic rings. The third-order valence-electron chi connectivity index (χ3n) is 4.25. The van der Waals surface area contributed by atoms with Crippen molar-refractivity contribution in [3.63, 3.8) is 0 Å². The summed E-state index contributed by atoms with van der Waals surface area (Å²) in [5, 5.41) is 11.0. The Bertz CT molecular complexity index is 818. The zero-order valence-corrected chi connectivity index (χ0v) is 11.7. The van der Waals surface area contributed by atoms with E-state index in [1.54, 1.807) is 17.0 Å². The molecule has 0 spiro atoms. The molecule has 0 unspecified atom stereocenters. The molecule has 0 saturated carbocycles. The minimum Gasteiger partial charge on any atom is -0.455 e. The van der Waals surface area contributed by atoms with Crippen molar-refractivity contribution in [2.24, 2.45) is 5.92 Å². The lowest BCUT2D eigenvalue weighted by Gasteiger charge is -2.44. The number of rotatable bonds is 1. The number of nitro groups is 1. The molecule has 0 radical (unpaired) electrons. The first kappa shape index (κ1) is 12.8. The van der Waals surface area contributed by atoms with Gasteiger partial charge in [0.25, 0.3) is 5.69 Å². The van der Waals surface area contributed by atoms with Crippen molar-refractivity contribution in [1.82, 2.24) is 0 Å². The Morgan fingerprint density at radius 1 is 1.18 bits per heavy atom. The smallest absolute Gasteiger partial charge is 0.270 e. The summed E-state index contributed by atoms with van der Waals surface area (Å²) < 4.78 is 5.90. The van der Waals surface area contributed by atoms with Gasteiger partial charge in [-0.3, -0.25) is 14.9 Å². The molecule has 110 valence electrons. The van der Waals surface area contributed by atoms with E-state index in [2.05, 4.69) is 0 Å². The van der Waals surface area contributed by atoms with Crippen molar-refractivity contribution in [1.29, 1.82) is 0 Å². The number of hydrogen-bond donors (Lipinski definition) is 0. The Morgan fingerprint density at radius 2 is 1.95 bits per heavy atom. The van der Waals surface area contributed by atoms with E-state index in [0.29, 0.717) is 22.7 Å². The van der Waals surface area contributed by atoms with Gasteiger partial charge in [0.05, 0.1) is 22.6 Å². The fourth-order valence-electron chi connectivity index (χ4n) is 3.14. The number of ether oxygens (including phenoxy) is 1. The molecule has 6 nitrogen and oxygen atoms in total. The first-order valence-corrected chi connectivity index (χ1v) is 6.96. The molecule has 0 N–H and O–H groups in total. The van der Waals surface area contributed by atoms with Crippen molar-refractivity contribution < 1.29 is 14.5 Å². The Morgan fingerprint density at radius 3 is 2.73 bits per heavy atom. The Labute approximate surface area is 126 Å². The first-order valence-electron chi connectivity index (χ1n) is 6.96. The van der Waals surface area contributed by atoms with Gasteiger partial charge in [-0.1, -0.05) is 19.1 Å². The van der Waals surface area contributed by atoms with Gasteiger partial charge in [0.2, 0.25) is 5.91 Å². The summed E-state index contributed by atoms with van der Waals surface area (Å²) >= 11 is 0. The molecule has 1 fully saturated rings. The molecule has 1 amide bonds. The highest BCUT2D eigenvalue weighted by Gasteiger charge is 2.49. The normalized spacial score (nSPS) is 21.7. The summed E-state index contributed by atoms with van der Waals surface area (Å²) in [7, 11) is 0. The number of nitrogens with zero attached hydrogens (tertiary/aromatic N) is 2. The molecule has 6 heteroatoms. The number of hydrogen-bond acceptors (Lipinski definition) is 4. The van der Waals surface area contributed by atoms with Crippen LogP contribution in [-0.4, -0.2) is 10.8 Å². The largest absolute Gasteiger partial charge is 0.455 e. The van der Waals surface area contributed by atoms with Crippen LogP contribution in [0.1, 0.15) is 18.5 Å². The van der Waals surface area contributed by atoms with Crippen LogP contribution in [0.3, 0.4) is 0 Å². The van der Waals surface area contributed by atoms with Gasteiger partial charge in [-0.05, 0) is 18.2 Å². The zero-order chi connectivity index (χ0) is 15.4. The number of anilines is 1. The number of fused-ring (bicyclic) bond motifs is 5. The first-order chi connectivity index (χ1) is 10.6. The zero-order valence-electron chi connectivity index (χ0n) is 11.7. The average Bonchev–Trinajstić information content (AvgIpc) is 2.65. The summed E-state index contributed by atoms with van der Waals surface area (Å²) in [6, 6.07) is 11.6. The van der Waals surface area contributed by atoms with Crippen LogP contribution in [0.4, 0.5) is 11.4 Å². The maximum atomic E-state index is 12.3. The number of carbonyl (C=O) groups is 1. The van der Waals surface area contributed by atoms with Crippen LogP contribution in [0.25, 0.3) is 0 Å². The number of amides is 1. The number of para-hydroxylation sites is 2. The van der Waals surface area contributed by atoms with Crippen LogP contribution in [-0.2, 0) is 4.79 Å². The van der Waals surface area contributed by atoms with E-state index >= 15 is 0 Å². The fourth-order valence-corrected chi connectivity index (χ4v) is 3.14. The summed E-state index contributed by atoms with van der Waals surface area (Å²) in [6.07, 6.45) is 0. The van der Waals surface area contributed by atoms with E-state index in [1.807, 2.05) is 25.1 Å². The van der Waals surface area contributed by atoms with Crippen molar-refractivity contribution in [2.75, 3.05) is 4.90 Å².